The molecule has 188 valence electrons. The molecule has 0 fully saturated rings. The minimum atomic E-state index is -2.52. The minimum Gasteiger partial charge on any atom is -0.345 e. The maximum Gasteiger partial charge on any atom is 0.253 e. The van der Waals surface area contributed by atoms with E-state index in [-0.39, 0.29) is 11.9 Å². The standard InChI is InChI=1S/C33H28BrN2OP/c1-25(26-14-6-2-7-15-26)35-33(37)31-24-27(34)22-23-32(31)36-38(28-16-8-3-9-17-28,29-18-10-4-11-19-29)30-20-12-5-13-21-30/h2-25H,1H3,(H,35,37). The molecule has 1 atom stereocenters. The Balaban J connectivity index is 1.74. The van der Waals surface area contributed by atoms with Gasteiger partial charge in [-0.25, -0.2) is 0 Å². The fourth-order valence-corrected chi connectivity index (χ4v) is 8.50. The Morgan fingerprint density at radius 2 is 1.13 bits per heavy atom. The summed E-state index contributed by atoms with van der Waals surface area (Å²) < 4.78 is 6.40. The molecule has 3 nitrogen and oxygen atoms in total. The second-order valence-corrected chi connectivity index (χ2v) is 12.9. The topological polar surface area (TPSA) is 41.5 Å². The first-order valence-electron chi connectivity index (χ1n) is 12.5. The van der Waals surface area contributed by atoms with Crippen molar-refractivity contribution in [2.75, 3.05) is 0 Å². The van der Waals surface area contributed by atoms with Crippen molar-refractivity contribution in [2.45, 2.75) is 13.0 Å². The molecule has 0 spiro atoms. The normalized spacial score (nSPS) is 11.9. The van der Waals surface area contributed by atoms with Gasteiger partial charge in [0.05, 0.1) is 24.3 Å². The van der Waals surface area contributed by atoms with Crippen molar-refractivity contribution < 1.29 is 4.79 Å². The monoisotopic (exact) mass is 578 g/mol. The summed E-state index contributed by atoms with van der Waals surface area (Å²) in [5, 5.41) is 6.56. The highest BCUT2D eigenvalue weighted by Gasteiger charge is 2.28. The Hall–Kier alpha value is -3.72. The molecule has 5 rings (SSSR count). The molecule has 38 heavy (non-hydrogen) atoms. The van der Waals surface area contributed by atoms with Crippen molar-refractivity contribution in [2.24, 2.45) is 4.74 Å². The number of hydrogen-bond donors (Lipinski definition) is 1. The largest absolute Gasteiger partial charge is 0.345 e. The molecule has 0 aliphatic heterocycles. The molecule has 0 heterocycles. The van der Waals surface area contributed by atoms with Gasteiger partial charge in [-0.15, -0.1) is 0 Å². The van der Waals surface area contributed by atoms with Gasteiger partial charge >= 0.3 is 0 Å². The third kappa shape index (κ3) is 5.43. The summed E-state index contributed by atoms with van der Waals surface area (Å²) in [5.41, 5.74) is 2.25. The quantitative estimate of drug-likeness (QED) is 0.197. The van der Waals surface area contributed by atoms with Gasteiger partial charge in [-0.05, 0) is 30.7 Å². The zero-order chi connectivity index (χ0) is 26.4. The zero-order valence-corrected chi connectivity index (χ0v) is 23.5. The first-order chi connectivity index (χ1) is 18.6. The van der Waals surface area contributed by atoms with E-state index in [1.165, 1.54) is 0 Å². The molecule has 0 aromatic heterocycles. The summed E-state index contributed by atoms with van der Waals surface area (Å²) >= 11 is 3.58. The molecular weight excluding hydrogens is 551 g/mol. The van der Waals surface area contributed by atoms with Crippen LogP contribution in [-0.4, -0.2) is 5.91 Å². The number of benzene rings is 5. The lowest BCUT2D eigenvalue weighted by molar-refractivity contribution is 0.0940. The molecule has 5 aromatic carbocycles. The average molecular weight is 579 g/mol. The average Bonchev–Trinajstić information content (AvgIpc) is 2.98. The van der Waals surface area contributed by atoms with E-state index < -0.39 is 7.05 Å². The lowest BCUT2D eigenvalue weighted by Gasteiger charge is -2.27. The molecule has 1 unspecified atom stereocenters. The summed E-state index contributed by atoms with van der Waals surface area (Å²) in [6.45, 7) is 2.00. The Bertz CT molecular complexity index is 1470. The molecule has 0 aliphatic rings. The second kappa shape index (κ2) is 11.8. The third-order valence-electron chi connectivity index (χ3n) is 6.50. The molecule has 0 saturated heterocycles. The lowest BCUT2D eigenvalue weighted by atomic mass is 10.1. The number of amides is 1. The van der Waals surface area contributed by atoms with Gasteiger partial charge < -0.3 is 5.32 Å². The van der Waals surface area contributed by atoms with Gasteiger partial charge in [-0.1, -0.05) is 137 Å². The molecule has 0 bridgehead atoms. The predicted octanol–water partition coefficient (Wildman–Crippen LogP) is 7.75. The van der Waals surface area contributed by atoms with Crippen LogP contribution in [0, 0.1) is 0 Å². The molecular formula is C33H28BrN2OP. The lowest BCUT2D eigenvalue weighted by Crippen LogP contribution is -2.27. The van der Waals surface area contributed by atoms with E-state index in [9.17, 15) is 4.79 Å². The zero-order valence-electron chi connectivity index (χ0n) is 21.0. The van der Waals surface area contributed by atoms with Crippen LogP contribution in [0.15, 0.2) is 149 Å². The van der Waals surface area contributed by atoms with E-state index in [1.54, 1.807) is 0 Å². The maximum absolute atomic E-state index is 13.7. The van der Waals surface area contributed by atoms with Gasteiger partial charge in [0.1, 0.15) is 0 Å². The highest BCUT2D eigenvalue weighted by molar-refractivity contribution is 9.10. The van der Waals surface area contributed by atoms with Crippen LogP contribution in [0.5, 0.6) is 0 Å². The van der Waals surface area contributed by atoms with Crippen molar-refractivity contribution in [3.63, 3.8) is 0 Å². The van der Waals surface area contributed by atoms with E-state index in [0.29, 0.717) is 11.3 Å². The van der Waals surface area contributed by atoms with Crippen molar-refractivity contribution in [1.82, 2.24) is 5.32 Å². The number of nitrogens with one attached hydrogen (secondary N) is 1. The van der Waals surface area contributed by atoms with Crippen LogP contribution in [0.3, 0.4) is 0 Å². The molecule has 0 aliphatic carbocycles. The van der Waals surface area contributed by atoms with Crippen LogP contribution in [0.25, 0.3) is 0 Å². The van der Waals surface area contributed by atoms with Gasteiger partial charge in [0.2, 0.25) is 0 Å². The molecule has 5 heteroatoms. The highest BCUT2D eigenvalue weighted by Crippen LogP contribution is 2.50. The second-order valence-electron chi connectivity index (χ2n) is 9.01. The number of carbonyl (C=O) groups is 1. The van der Waals surface area contributed by atoms with Gasteiger partial charge in [0.15, 0.2) is 0 Å². The molecule has 1 N–H and O–H groups in total. The number of nitrogens with zero attached hydrogens (tertiary/aromatic N) is 1. The minimum absolute atomic E-state index is 0.146. The fourth-order valence-electron chi connectivity index (χ4n) is 4.59. The SMILES string of the molecule is CC(NC(=O)c1cc(Br)ccc1N=P(c1ccccc1)(c1ccccc1)c1ccccc1)c1ccccc1. The Labute approximate surface area is 232 Å². The van der Waals surface area contributed by atoms with E-state index in [2.05, 4.69) is 94.0 Å². The Morgan fingerprint density at radius 3 is 1.61 bits per heavy atom. The van der Waals surface area contributed by atoms with Crippen LogP contribution >= 0.6 is 23.0 Å². The van der Waals surface area contributed by atoms with Gasteiger partial charge in [0, 0.05) is 20.4 Å². The van der Waals surface area contributed by atoms with Gasteiger partial charge in [-0.2, -0.15) is 0 Å². The van der Waals surface area contributed by atoms with E-state index in [0.717, 1.165) is 25.9 Å². The van der Waals surface area contributed by atoms with Crippen molar-refractivity contribution in [3.05, 3.63) is 155 Å². The molecule has 5 aromatic rings. The van der Waals surface area contributed by atoms with Crippen LogP contribution in [-0.2, 0) is 0 Å². The molecule has 0 radical (unpaired) electrons. The Morgan fingerprint density at radius 1 is 0.684 bits per heavy atom. The molecule has 0 saturated carbocycles. The van der Waals surface area contributed by atoms with E-state index >= 15 is 0 Å². The maximum atomic E-state index is 13.7. The number of rotatable bonds is 7. The van der Waals surface area contributed by atoms with Crippen molar-refractivity contribution in [3.8, 4) is 0 Å². The summed E-state index contributed by atoms with van der Waals surface area (Å²) in [4.78, 5) is 13.7. The molecule has 1 amide bonds. The Kier molecular flexibility index (Phi) is 8.03. The summed E-state index contributed by atoms with van der Waals surface area (Å²) in [6, 6.07) is 46.9. The van der Waals surface area contributed by atoms with E-state index in [1.807, 2.05) is 73.7 Å². The first-order valence-corrected chi connectivity index (χ1v) is 15.1. The van der Waals surface area contributed by atoms with Gasteiger partial charge in [-0.3, -0.25) is 9.54 Å². The fraction of sp³-hybridized carbons (Fsp3) is 0.0606. The van der Waals surface area contributed by atoms with Crippen LogP contribution in [0.1, 0.15) is 28.9 Å². The van der Waals surface area contributed by atoms with Crippen molar-refractivity contribution in [1.29, 1.82) is 0 Å². The van der Waals surface area contributed by atoms with Crippen LogP contribution < -0.4 is 21.2 Å². The predicted molar refractivity (Wildman–Crippen MR) is 164 cm³/mol. The summed E-state index contributed by atoms with van der Waals surface area (Å²) in [6.07, 6.45) is 0. The highest BCUT2D eigenvalue weighted by atomic mass is 79.9. The first kappa shape index (κ1) is 25.9. The third-order valence-corrected chi connectivity index (χ3v) is 10.6. The summed E-state index contributed by atoms with van der Waals surface area (Å²) in [5.74, 6) is -0.159. The summed E-state index contributed by atoms with van der Waals surface area (Å²) in [7, 11) is -2.52. The van der Waals surface area contributed by atoms with Crippen molar-refractivity contribution >= 4 is 50.5 Å². The van der Waals surface area contributed by atoms with E-state index in [4.69, 9.17) is 4.74 Å². The smallest absolute Gasteiger partial charge is 0.253 e. The number of hydrogen-bond acceptors (Lipinski definition) is 2. The van der Waals surface area contributed by atoms with Gasteiger partial charge in [0.25, 0.3) is 5.91 Å². The van der Waals surface area contributed by atoms with Crippen LogP contribution in [0.4, 0.5) is 5.69 Å². The number of halogens is 1. The van der Waals surface area contributed by atoms with Crippen LogP contribution in [0.2, 0.25) is 0 Å². The number of carbonyl (C=O) groups excluding carboxylic acids is 1.